The SMILES string of the molecule is CCC(C)(C)C(Br)C(C)(C)CC. The Hall–Kier alpha value is 0.480. The Balaban J connectivity index is 4.47. The maximum Gasteiger partial charge on any atom is 0.0247 e. The van der Waals surface area contributed by atoms with Gasteiger partial charge in [-0.15, -0.1) is 0 Å². The van der Waals surface area contributed by atoms with E-state index in [-0.39, 0.29) is 0 Å². The molecule has 0 aromatic rings. The molecular weight excluding hydrogens is 212 g/mol. The Bertz CT molecular complexity index is 120. The zero-order valence-electron chi connectivity index (χ0n) is 9.37. The predicted molar refractivity (Wildman–Crippen MR) is 60.9 cm³/mol. The first-order chi connectivity index (χ1) is 5.28. The minimum absolute atomic E-state index is 0.402. The van der Waals surface area contributed by atoms with Gasteiger partial charge in [0.2, 0.25) is 0 Å². The highest BCUT2D eigenvalue weighted by molar-refractivity contribution is 9.09. The first-order valence-electron chi connectivity index (χ1n) is 4.92. The van der Waals surface area contributed by atoms with Crippen LogP contribution < -0.4 is 0 Å². The molecule has 0 heterocycles. The Morgan fingerprint density at radius 3 is 1.33 bits per heavy atom. The second-order valence-corrected chi connectivity index (χ2v) is 5.96. The van der Waals surface area contributed by atoms with Gasteiger partial charge in [0, 0.05) is 4.83 Å². The van der Waals surface area contributed by atoms with E-state index in [1.165, 1.54) is 12.8 Å². The van der Waals surface area contributed by atoms with E-state index in [9.17, 15) is 0 Å². The highest BCUT2D eigenvalue weighted by atomic mass is 79.9. The van der Waals surface area contributed by atoms with Crippen LogP contribution in [0.3, 0.4) is 0 Å². The van der Waals surface area contributed by atoms with E-state index in [0.29, 0.717) is 15.7 Å². The molecule has 0 fully saturated rings. The highest BCUT2D eigenvalue weighted by Crippen LogP contribution is 2.43. The molecule has 0 nitrogen and oxygen atoms in total. The van der Waals surface area contributed by atoms with Crippen LogP contribution in [0.15, 0.2) is 0 Å². The van der Waals surface area contributed by atoms with Gasteiger partial charge >= 0.3 is 0 Å². The monoisotopic (exact) mass is 234 g/mol. The minimum atomic E-state index is 0.402. The van der Waals surface area contributed by atoms with Crippen molar-refractivity contribution in [2.45, 2.75) is 59.2 Å². The van der Waals surface area contributed by atoms with Crippen LogP contribution in [0, 0.1) is 10.8 Å². The average Bonchev–Trinajstić information content (AvgIpc) is 2.03. The number of halogens is 1. The summed E-state index contributed by atoms with van der Waals surface area (Å²) in [5, 5.41) is 0. The largest absolute Gasteiger partial charge is 0.0879 e. The van der Waals surface area contributed by atoms with Gasteiger partial charge in [0.25, 0.3) is 0 Å². The van der Waals surface area contributed by atoms with Crippen LogP contribution in [0.1, 0.15) is 54.4 Å². The molecule has 0 bridgehead atoms. The molecule has 0 N–H and O–H groups in total. The highest BCUT2D eigenvalue weighted by Gasteiger charge is 2.36. The topological polar surface area (TPSA) is 0 Å². The maximum absolute atomic E-state index is 3.84. The summed E-state index contributed by atoms with van der Waals surface area (Å²) in [4.78, 5) is 0.604. The fourth-order valence-corrected chi connectivity index (χ4v) is 2.06. The summed E-state index contributed by atoms with van der Waals surface area (Å²) in [5.74, 6) is 0. The van der Waals surface area contributed by atoms with Crippen molar-refractivity contribution in [1.82, 2.24) is 0 Å². The summed E-state index contributed by atoms with van der Waals surface area (Å²) in [6.07, 6.45) is 2.46. The Labute approximate surface area is 86.3 Å². The van der Waals surface area contributed by atoms with Crippen LogP contribution in [0.25, 0.3) is 0 Å². The summed E-state index contributed by atoms with van der Waals surface area (Å²) in [7, 11) is 0. The van der Waals surface area contributed by atoms with Gasteiger partial charge in [-0.05, 0) is 23.7 Å². The molecule has 0 saturated heterocycles. The molecule has 0 aliphatic carbocycles. The number of hydrogen-bond acceptors (Lipinski definition) is 0. The van der Waals surface area contributed by atoms with E-state index in [1.807, 2.05) is 0 Å². The average molecular weight is 235 g/mol. The Morgan fingerprint density at radius 2 is 1.17 bits per heavy atom. The van der Waals surface area contributed by atoms with Crippen molar-refractivity contribution >= 4 is 15.9 Å². The smallest absolute Gasteiger partial charge is 0.0247 e. The lowest BCUT2D eigenvalue weighted by Crippen LogP contribution is -2.36. The number of rotatable bonds is 4. The fraction of sp³-hybridized carbons (Fsp3) is 1.00. The lowest BCUT2D eigenvalue weighted by atomic mass is 9.72. The molecule has 0 aromatic carbocycles. The first kappa shape index (κ1) is 12.5. The molecule has 0 aromatic heterocycles. The van der Waals surface area contributed by atoms with E-state index in [2.05, 4.69) is 57.5 Å². The Kier molecular flexibility index (Phi) is 4.29. The Morgan fingerprint density at radius 1 is 0.917 bits per heavy atom. The van der Waals surface area contributed by atoms with Crippen LogP contribution >= 0.6 is 15.9 Å². The van der Waals surface area contributed by atoms with Crippen molar-refractivity contribution in [3.05, 3.63) is 0 Å². The van der Waals surface area contributed by atoms with Gasteiger partial charge in [0.05, 0.1) is 0 Å². The van der Waals surface area contributed by atoms with Crippen LogP contribution in [-0.2, 0) is 0 Å². The van der Waals surface area contributed by atoms with Crippen molar-refractivity contribution in [3.8, 4) is 0 Å². The van der Waals surface area contributed by atoms with Crippen molar-refractivity contribution in [2.75, 3.05) is 0 Å². The summed E-state index contributed by atoms with van der Waals surface area (Å²) in [6, 6.07) is 0. The van der Waals surface area contributed by atoms with Crippen molar-refractivity contribution in [3.63, 3.8) is 0 Å². The zero-order valence-corrected chi connectivity index (χ0v) is 11.0. The van der Waals surface area contributed by atoms with Gasteiger partial charge in [-0.25, -0.2) is 0 Å². The quantitative estimate of drug-likeness (QED) is 0.623. The lowest BCUT2D eigenvalue weighted by Gasteiger charge is -2.40. The molecule has 0 saturated carbocycles. The molecule has 0 aliphatic rings. The van der Waals surface area contributed by atoms with Gasteiger partial charge in [-0.3, -0.25) is 0 Å². The molecule has 0 aliphatic heterocycles. The van der Waals surface area contributed by atoms with E-state index in [0.717, 1.165) is 0 Å². The van der Waals surface area contributed by atoms with Gasteiger partial charge in [-0.2, -0.15) is 0 Å². The van der Waals surface area contributed by atoms with Crippen LogP contribution in [0.2, 0.25) is 0 Å². The summed E-state index contributed by atoms with van der Waals surface area (Å²) in [5.41, 5.74) is 0.805. The molecule has 0 unspecified atom stereocenters. The third kappa shape index (κ3) is 2.76. The molecule has 0 spiro atoms. The van der Waals surface area contributed by atoms with Gasteiger partial charge in [-0.1, -0.05) is 57.5 Å². The number of alkyl halides is 1. The minimum Gasteiger partial charge on any atom is -0.0879 e. The predicted octanol–water partition coefficient (Wildman–Crippen LogP) is 4.62. The molecule has 0 rings (SSSR count). The summed E-state index contributed by atoms with van der Waals surface area (Å²) in [6.45, 7) is 13.9. The van der Waals surface area contributed by atoms with E-state index in [1.54, 1.807) is 0 Å². The van der Waals surface area contributed by atoms with E-state index in [4.69, 9.17) is 0 Å². The fourth-order valence-electron chi connectivity index (χ4n) is 1.42. The molecular formula is C11H23Br. The van der Waals surface area contributed by atoms with Crippen LogP contribution in [0.5, 0.6) is 0 Å². The second-order valence-electron chi connectivity index (χ2n) is 5.05. The van der Waals surface area contributed by atoms with Gasteiger partial charge < -0.3 is 0 Å². The third-order valence-electron chi connectivity index (χ3n) is 3.19. The molecule has 0 radical (unpaired) electrons. The number of hydrogen-bond donors (Lipinski definition) is 0. The van der Waals surface area contributed by atoms with E-state index < -0.39 is 0 Å². The van der Waals surface area contributed by atoms with Crippen LogP contribution in [-0.4, -0.2) is 4.83 Å². The summed E-state index contributed by atoms with van der Waals surface area (Å²) >= 11 is 3.84. The van der Waals surface area contributed by atoms with Crippen molar-refractivity contribution in [2.24, 2.45) is 10.8 Å². The first-order valence-corrected chi connectivity index (χ1v) is 5.83. The molecule has 12 heavy (non-hydrogen) atoms. The maximum atomic E-state index is 3.84. The molecule has 74 valence electrons. The van der Waals surface area contributed by atoms with E-state index >= 15 is 0 Å². The standard InChI is InChI=1S/C11H23Br/c1-7-10(3,4)9(12)11(5,6)8-2/h9H,7-8H2,1-6H3. The van der Waals surface area contributed by atoms with Crippen molar-refractivity contribution in [1.29, 1.82) is 0 Å². The third-order valence-corrected chi connectivity index (χ3v) is 5.67. The molecule has 0 atom stereocenters. The molecule has 0 amide bonds. The van der Waals surface area contributed by atoms with Crippen LogP contribution in [0.4, 0.5) is 0 Å². The normalized spacial score (nSPS) is 14.0. The lowest BCUT2D eigenvalue weighted by molar-refractivity contribution is 0.202. The van der Waals surface area contributed by atoms with Gasteiger partial charge in [0.1, 0.15) is 0 Å². The van der Waals surface area contributed by atoms with Gasteiger partial charge in [0.15, 0.2) is 0 Å². The zero-order chi connectivity index (χ0) is 9.99. The summed E-state index contributed by atoms with van der Waals surface area (Å²) < 4.78 is 0. The van der Waals surface area contributed by atoms with Crippen molar-refractivity contribution < 1.29 is 0 Å². The molecule has 1 heteroatoms. The second kappa shape index (κ2) is 4.13.